The average Bonchev–Trinajstić information content (AvgIpc) is 2.86. The van der Waals surface area contributed by atoms with Crippen LogP contribution >= 0.6 is 0 Å². The summed E-state index contributed by atoms with van der Waals surface area (Å²) in [5, 5.41) is 18.5. The monoisotopic (exact) mass is 506 g/mol. The molecule has 8 heteroatoms. The summed E-state index contributed by atoms with van der Waals surface area (Å²) in [7, 11) is 0. The standard InChI is InChI=1S/C27H54O8/c1-3-4-5-6-7-8-9-10-11-12-13-26-22-31-16-14-30-15-17-32-23-27(2,35-19-18-34-26)24-33-21-25(29)20-28/h25-26,28-29H,3-24H2,1-2H3. The van der Waals surface area contributed by atoms with Crippen LogP contribution in [-0.2, 0) is 28.4 Å². The number of rotatable bonds is 16. The van der Waals surface area contributed by atoms with E-state index in [9.17, 15) is 5.11 Å². The zero-order valence-corrected chi connectivity index (χ0v) is 22.6. The lowest BCUT2D eigenvalue weighted by Gasteiger charge is -2.30. The minimum absolute atomic E-state index is 0.0489. The van der Waals surface area contributed by atoms with Crippen molar-refractivity contribution in [1.29, 1.82) is 0 Å². The van der Waals surface area contributed by atoms with Gasteiger partial charge >= 0.3 is 0 Å². The first-order chi connectivity index (χ1) is 17.1. The van der Waals surface area contributed by atoms with E-state index in [0.717, 1.165) is 12.8 Å². The fourth-order valence-electron chi connectivity index (χ4n) is 4.01. The highest BCUT2D eigenvalue weighted by Crippen LogP contribution is 2.15. The van der Waals surface area contributed by atoms with Crippen LogP contribution in [0.3, 0.4) is 0 Å². The van der Waals surface area contributed by atoms with Gasteiger partial charge in [-0.15, -0.1) is 0 Å². The number of hydrogen-bond donors (Lipinski definition) is 2. The molecule has 35 heavy (non-hydrogen) atoms. The van der Waals surface area contributed by atoms with E-state index in [1.54, 1.807) is 0 Å². The van der Waals surface area contributed by atoms with Crippen LogP contribution in [-0.4, -0.2) is 101 Å². The molecular weight excluding hydrogens is 452 g/mol. The van der Waals surface area contributed by atoms with Crippen molar-refractivity contribution in [2.75, 3.05) is 72.7 Å². The van der Waals surface area contributed by atoms with Gasteiger partial charge in [0.05, 0.1) is 78.8 Å². The minimum atomic E-state index is -0.898. The third-order valence-electron chi connectivity index (χ3n) is 6.15. The van der Waals surface area contributed by atoms with Gasteiger partial charge in [0.2, 0.25) is 0 Å². The van der Waals surface area contributed by atoms with E-state index >= 15 is 0 Å². The summed E-state index contributed by atoms with van der Waals surface area (Å²) in [6.07, 6.45) is 13.3. The highest BCUT2D eigenvalue weighted by Gasteiger charge is 2.27. The van der Waals surface area contributed by atoms with Crippen molar-refractivity contribution in [3.63, 3.8) is 0 Å². The van der Waals surface area contributed by atoms with E-state index in [1.807, 2.05) is 6.92 Å². The summed E-state index contributed by atoms with van der Waals surface area (Å²) < 4.78 is 34.8. The number of hydrogen-bond acceptors (Lipinski definition) is 8. The van der Waals surface area contributed by atoms with Crippen molar-refractivity contribution in [2.45, 2.75) is 102 Å². The summed E-state index contributed by atoms with van der Waals surface area (Å²) >= 11 is 0. The minimum Gasteiger partial charge on any atom is -0.394 e. The van der Waals surface area contributed by atoms with Crippen molar-refractivity contribution < 1.29 is 38.6 Å². The van der Waals surface area contributed by atoms with Gasteiger partial charge in [0.25, 0.3) is 0 Å². The number of ether oxygens (including phenoxy) is 6. The highest BCUT2D eigenvalue weighted by molar-refractivity contribution is 4.75. The molecular formula is C27H54O8. The summed E-state index contributed by atoms with van der Waals surface area (Å²) in [5.74, 6) is 0. The second kappa shape index (κ2) is 22.8. The highest BCUT2D eigenvalue weighted by atomic mass is 16.6. The zero-order valence-electron chi connectivity index (χ0n) is 22.6. The largest absolute Gasteiger partial charge is 0.394 e. The van der Waals surface area contributed by atoms with E-state index in [4.69, 9.17) is 33.5 Å². The summed E-state index contributed by atoms with van der Waals surface area (Å²) in [4.78, 5) is 0. The lowest BCUT2D eigenvalue weighted by molar-refractivity contribution is -0.147. The van der Waals surface area contributed by atoms with Crippen molar-refractivity contribution in [1.82, 2.24) is 0 Å². The Morgan fingerprint density at radius 3 is 2.14 bits per heavy atom. The van der Waals surface area contributed by atoms with Crippen molar-refractivity contribution in [3.05, 3.63) is 0 Å². The van der Waals surface area contributed by atoms with Crippen molar-refractivity contribution >= 4 is 0 Å². The number of aliphatic hydroxyl groups excluding tert-OH is 2. The van der Waals surface area contributed by atoms with Crippen LogP contribution in [0.25, 0.3) is 0 Å². The first-order valence-electron chi connectivity index (χ1n) is 13.9. The molecule has 1 fully saturated rings. The van der Waals surface area contributed by atoms with Gasteiger partial charge < -0.3 is 38.6 Å². The Morgan fingerprint density at radius 2 is 1.46 bits per heavy atom. The fourth-order valence-corrected chi connectivity index (χ4v) is 4.01. The maximum Gasteiger partial charge on any atom is 0.112 e. The van der Waals surface area contributed by atoms with Gasteiger partial charge in [-0.2, -0.15) is 0 Å². The summed E-state index contributed by atoms with van der Waals surface area (Å²) in [5.41, 5.74) is -0.679. The molecule has 2 N–H and O–H groups in total. The lowest BCUT2D eigenvalue weighted by atomic mass is 10.0. The van der Waals surface area contributed by atoms with E-state index in [2.05, 4.69) is 6.92 Å². The topological polar surface area (TPSA) is 95.8 Å². The van der Waals surface area contributed by atoms with Crippen LogP contribution in [0.5, 0.6) is 0 Å². The van der Waals surface area contributed by atoms with Crippen molar-refractivity contribution in [2.24, 2.45) is 0 Å². The Kier molecular flexibility index (Phi) is 21.3. The average molecular weight is 507 g/mol. The number of unbranched alkanes of at least 4 members (excludes halogenated alkanes) is 9. The molecule has 1 aliphatic rings. The zero-order chi connectivity index (χ0) is 25.5. The maximum atomic E-state index is 9.51. The van der Waals surface area contributed by atoms with Crippen LogP contribution in [0.15, 0.2) is 0 Å². The molecule has 0 saturated carbocycles. The Labute approximate surface area is 213 Å². The Bertz CT molecular complexity index is 453. The predicted molar refractivity (Wildman–Crippen MR) is 137 cm³/mol. The van der Waals surface area contributed by atoms with Gasteiger partial charge in [0.15, 0.2) is 0 Å². The maximum absolute atomic E-state index is 9.51. The van der Waals surface area contributed by atoms with Gasteiger partial charge in [-0.25, -0.2) is 0 Å². The summed E-state index contributed by atoms with van der Waals surface area (Å²) in [6.45, 7) is 7.95. The molecule has 1 saturated heterocycles. The second-order valence-corrected chi connectivity index (χ2v) is 9.85. The first-order valence-corrected chi connectivity index (χ1v) is 13.9. The predicted octanol–water partition coefficient (Wildman–Crippen LogP) is 3.89. The molecule has 0 aromatic rings. The second-order valence-electron chi connectivity index (χ2n) is 9.85. The Morgan fingerprint density at radius 1 is 0.829 bits per heavy atom. The lowest BCUT2D eigenvalue weighted by Crippen LogP contribution is -2.42. The van der Waals surface area contributed by atoms with Crippen LogP contribution in [0.1, 0.15) is 84.5 Å². The number of aliphatic hydroxyl groups is 2. The first kappa shape index (κ1) is 32.7. The molecule has 0 aromatic carbocycles. The molecule has 210 valence electrons. The molecule has 0 aliphatic carbocycles. The molecule has 3 atom stereocenters. The van der Waals surface area contributed by atoms with E-state index in [1.165, 1.54) is 57.8 Å². The molecule has 8 nitrogen and oxygen atoms in total. The molecule has 0 radical (unpaired) electrons. The van der Waals surface area contributed by atoms with Crippen LogP contribution in [0, 0.1) is 0 Å². The van der Waals surface area contributed by atoms with Gasteiger partial charge in [0.1, 0.15) is 11.7 Å². The van der Waals surface area contributed by atoms with Crippen LogP contribution in [0.2, 0.25) is 0 Å². The van der Waals surface area contributed by atoms with E-state index in [0.29, 0.717) is 52.9 Å². The van der Waals surface area contributed by atoms with Gasteiger partial charge in [-0.1, -0.05) is 71.1 Å². The third kappa shape index (κ3) is 19.5. The quantitative estimate of drug-likeness (QED) is 0.305. The van der Waals surface area contributed by atoms with Crippen LogP contribution in [0.4, 0.5) is 0 Å². The smallest absolute Gasteiger partial charge is 0.112 e. The molecule has 1 heterocycles. The van der Waals surface area contributed by atoms with Crippen LogP contribution < -0.4 is 0 Å². The van der Waals surface area contributed by atoms with Gasteiger partial charge in [-0.05, 0) is 13.3 Å². The van der Waals surface area contributed by atoms with E-state index in [-0.39, 0.29) is 25.9 Å². The molecule has 1 rings (SSSR count). The fraction of sp³-hybridized carbons (Fsp3) is 1.00. The molecule has 3 unspecified atom stereocenters. The third-order valence-corrected chi connectivity index (χ3v) is 6.15. The Hall–Kier alpha value is -0.320. The molecule has 1 aliphatic heterocycles. The Balaban J connectivity index is 2.34. The SMILES string of the molecule is CCCCCCCCCCCCC1COCCOCCOCC(C)(COCC(O)CO)OCCO1. The molecule has 0 spiro atoms. The normalized spacial score (nSPS) is 24.5. The molecule has 0 aromatic heterocycles. The van der Waals surface area contributed by atoms with Gasteiger partial charge in [-0.3, -0.25) is 0 Å². The summed E-state index contributed by atoms with van der Waals surface area (Å²) in [6, 6.07) is 0. The molecule has 0 amide bonds. The molecule has 0 bridgehead atoms. The van der Waals surface area contributed by atoms with Gasteiger partial charge in [0, 0.05) is 0 Å². The van der Waals surface area contributed by atoms with Crippen molar-refractivity contribution in [3.8, 4) is 0 Å². The van der Waals surface area contributed by atoms with E-state index < -0.39 is 11.7 Å².